The predicted octanol–water partition coefficient (Wildman–Crippen LogP) is 3.40. The Hall–Kier alpha value is -2.69. The highest BCUT2D eigenvalue weighted by Gasteiger charge is 2.44. The molecule has 0 spiro atoms. The number of benzene rings is 2. The Labute approximate surface area is 140 Å². The molecule has 0 saturated heterocycles. The van der Waals surface area contributed by atoms with Crippen LogP contribution >= 0.6 is 0 Å². The van der Waals surface area contributed by atoms with Crippen LogP contribution in [0.15, 0.2) is 42.5 Å². The Morgan fingerprint density at radius 3 is 2.50 bits per heavy atom. The van der Waals surface area contributed by atoms with Crippen molar-refractivity contribution in [3.05, 3.63) is 59.4 Å². The lowest BCUT2D eigenvalue weighted by molar-refractivity contribution is -0.124. The number of fused-ring (bicyclic) bond motifs is 1. The molecule has 124 valence electrons. The first-order chi connectivity index (χ1) is 11.3. The number of aryl methyl sites for hydroxylation is 1. The van der Waals surface area contributed by atoms with E-state index in [2.05, 4.69) is 5.32 Å². The van der Waals surface area contributed by atoms with Gasteiger partial charge in [-0.1, -0.05) is 17.7 Å². The van der Waals surface area contributed by atoms with Gasteiger partial charge in [-0.25, -0.2) is 4.39 Å². The Kier molecular flexibility index (Phi) is 3.87. The fourth-order valence-electron chi connectivity index (χ4n) is 2.98. The molecule has 0 aromatic heterocycles. The third-order valence-electron chi connectivity index (χ3n) is 4.33. The zero-order chi connectivity index (χ0) is 17.5. The van der Waals surface area contributed by atoms with E-state index in [9.17, 15) is 14.0 Å². The van der Waals surface area contributed by atoms with Crippen LogP contribution < -0.4 is 10.2 Å². The summed E-state index contributed by atoms with van der Waals surface area (Å²) >= 11 is 0. The second-order valence-electron chi connectivity index (χ2n) is 6.59. The monoisotopic (exact) mass is 326 g/mol. The van der Waals surface area contributed by atoms with Crippen molar-refractivity contribution in [2.75, 3.05) is 16.8 Å². The van der Waals surface area contributed by atoms with Gasteiger partial charge in [-0.2, -0.15) is 0 Å². The van der Waals surface area contributed by atoms with E-state index in [1.165, 1.54) is 29.2 Å². The summed E-state index contributed by atoms with van der Waals surface area (Å²) < 4.78 is 12.9. The zero-order valence-corrected chi connectivity index (χ0v) is 13.9. The summed E-state index contributed by atoms with van der Waals surface area (Å²) in [6.07, 6.45) is 0. The molecule has 1 aliphatic rings. The summed E-state index contributed by atoms with van der Waals surface area (Å²) in [5.74, 6) is -0.787. The van der Waals surface area contributed by atoms with Gasteiger partial charge in [0.25, 0.3) is 0 Å². The largest absolute Gasteiger partial charge is 0.325 e. The van der Waals surface area contributed by atoms with Crippen molar-refractivity contribution in [1.29, 1.82) is 0 Å². The van der Waals surface area contributed by atoms with Gasteiger partial charge in [0.2, 0.25) is 11.8 Å². The second kappa shape index (κ2) is 5.74. The Balaban J connectivity index is 1.81. The summed E-state index contributed by atoms with van der Waals surface area (Å²) in [6, 6.07) is 11.3. The van der Waals surface area contributed by atoms with Gasteiger partial charge < -0.3 is 10.2 Å². The lowest BCUT2D eigenvalue weighted by Gasteiger charge is -2.20. The number of hydrogen-bond acceptors (Lipinski definition) is 2. The van der Waals surface area contributed by atoms with Crippen LogP contribution in [-0.4, -0.2) is 18.4 Å². The molecule has 4 nitrogen and oxygen atoms in total. The second-order valence-corrected chi connectivity index (χ2v) is 6.59. The van der Waals surface area contributed by atoms with Gasteiger partial charge in [0.05, 0.1) is 5.41 Å². The zero-order valence-electron chi connectivity index (χ0n) is 13.9. The first-order valence-corrected chi connectivity index (χ1v) is 7.77. The third kappa shape index (κ3) is 2.77. The molecule has 24 heavy (non-hydrogen) atoms. The maximum Gasteiger partial charge on any atom is 0.244 e. The highest BCUT2D eigenvalue weighted by atomic mass is 19.1. The molecular formula is C19H19FN2O2. The molecule has 1 heterocycles. The van der Waals surface area contributed by atoms with Gasteiger partial charge >= 0.3 is 0 Å². The number of nitrogens with one attached hydrogen (secondary N) is 1. The molecule has 0 aliphatic carbocycles. The molecule has 0 fully saturated rings. The van der Waals surface area contributed by atoms with Gasteiger partial charge in [-0.3, -0.25) is 9.59 Å². The maximum atomic E-state index is 12.9. The minimum absolute atomic E-state index is 0.0737. The van der Waals surface area contributed by atoms with Crippen molar-refractivity contribution in [3.8, 4) is 0 Å². The van der Waals surface area contributed by atoms with E-state index in [1.54, 1.807) is 0 Å². The lowest BCUT2D eigenvalue weighted by atomic mass is 9.85. The minimum atomic E-state index is -0.655. The highest BCUT2D eigenvalue weighted by molar-refractivity contribution is 6.11. The van der Waals surface area contributed by atoms with Crippen LogP contribution in [0.2, 0.25) is 0 Å². The molecule has 2 aromatic rings. The van der Waals surface area contributed by atoms with Crippen molar-refractivity contribution in [2.45, 2.75) is 26.2 Å². The molecule has 1 aliphatic heterocycles. The normalized spacial score (nSPS) is 15.3. The van der Waals surface area contributed by atoms with Gasteiger partial charge in [0.15, 0.2) is 0 Å². The van der Waals surface area contributed by atoms with E-state index in [1.807, 2.05) is 39.0 Å². The quantitative estimate of drug-likeness (QED) is 0.940. The molecule has 1 N–H and O–H groups in total. The molecule has 2 aromatic carbocycles. The van der Waals surface area contributed by atoms with Crippen LogP contribution in [0.25, 0.3) is 0 Å². The predicted molar refractivity (Wildman–Crippen MR) is 91.6 cm³/mol. The first-order valence-electron chi connectivity index (χ1n) is 7.77. The molecule has 0 unspecified atom stereocenters. The van der Waals surface area contributed by atoms with Crippen LogP contribution in [0.5, 0.6) is 0 Å². The topological polar surface area (TPSA) is 49.4 Å². The number of carbonyl (C=O) groups excluding carboxylic acids is 2. The van der Waals surface area contributed by atoms with Crippen molar-refractivity contribution in [2.24, 2.45) is 0 Å². The minimum Gasteiger partial charge on any atom is -0.325 e. The molecule has 3 rings (SSSR count). The summed E-state index contributed by atoms with van der Waals surface area (Å²) in [6.45, 7) is 5.64. The van der Waals surface area contributed by atoms with Crippen LogP contribution in [0, 0.1) is 12.7 Å². The number of hydrogen-bond donors (Lipinski definition) is 1. The van der Waals surface area contributed by atoms with E-state index >= 15 is 0 Å². The molecular weight excluding hydrogens is 307 g/mol. The van der Waals surface area contributed by atoms with Gasteiger partial charge in [0, 0.05) is 11.4 Å². The van der Waals surface area contributed by atoms with Crippen molar-refractivity contribution >= 4 is 23.2 Å². The Bertz CT molecular complexity index is 813. The number of nitrogens with zero attached hydrogens (tertiary/aromatic N) is 1. The lowest BCUT2D eigenvalue weighted by Crippen LogP contribution is -2.40. The summed E-state index contributed by atoms with van der Waals surface area (Å²) in [5.41, 5.74) is 2.62. The molecule has 0 atom stereocenters. The number of amides is 2. The van der Waals surface area contributed by atoms with Gasteiger partial charge in [-0.05, 0) is 56.7 Å². The molecule has 2 amide bonds. The van der Waals surface area contributed by atoms with E-state index in [-0.39, 0.29) is 24.2 Å². The van der Waals surface area contributed by atoms with E-state index in [4.69, 9.17) is 0 Å². The molecule has 5 heteroatoms. The van der Waals surface area contributed by atoms with Crippen LogP contribution in [0.1, 0.15) is 25.0 Å². The third-order valence-corrected chi connectivity index (χ3v) is 4.33. The average Bonchev–Trinajstić information content (AvgIpc) is 2.71. The Morgan fingerprint density at radius 2 is 1.83 bits per heavy atom. The van der Waals surface area contributed by atoms with E-state index < -0.39 is 5.41 Å². The summed E-state index contributed by atoms with van der Waals surface area (Å²) in [5, 5.41) is 2.69. The van der Waals surface area contributed by atoms with Crippen molar-refractivity contribution < 1.29 is 14.0 Å². The van der Waals surface area contributed by atoms with Crippen molar-refractivity contribution in [3.63, 3.8) is 0 Å². The van der Waals surface area contributed by atoms with Crippen molar-refractivity contribution in [1.82, 2.24) is 0 Å². The summed E-state index contributed by atoms with van der Waals surface area (Å²) in [4.78, 5) is 26.5. The smallest absolute Gasteiger partial charge is 0.244 e. The molecule has 0 bridgehead atoms. The van der Waals surface area contributed by atoms with E-state index in [0.717, 1.165) is 16.8 Å². The van der Waals surface area contributed by atoms with Gasteiger partial charge in [0.1, 0.15) is 12.4 Å². The van der Waals surface area contributed by atoms with Crippen LogP contribution in [-0.2, 0) is 15.0 Å². The molecule has 0 radical (unpaired) electrons. The van der Waals surface area contributed by atoms with Crippen LogP contribution in [0.4, 0.5) is 15.8 Å². The van der Waals surface area contributed by atoms with Crippen LogP contribution in [0.3, 0.4) is 0 Å². The highest BCUT2D eigenvalue weighted by Crippen LogP contribution is 2.41. The first kappa shape index (κ1) is 16.2. The summed E-state index contributed by atoms with van der Waals surface area (Å²) in [7, 11) is 0. The number of anilines is 2. The Morgan fingerprint density at radius 1 is 1.17 bits per heavy atom. The molecule has 0 saturated carbocycles. The maximum absolute atomic E-state index is 12.9. The fraction of sp³-hybridized carbons (Fsp3) is 0.263. The fourth-order valence-corrected chi connectivity index (χ4v) is 2.98. The van der Waals surface area contributed by atoms with E-state index in [0.29, 0.717) is 5.69 Å². The van der Waals surface area contributed by atoms with Gasteiger partial charge in [-0.15, -0.1) is 0 Å². The average molecular weight is 326 g/mol. The number of halogens is 1. The SMILES string of the molecule is Cc1ccc2c(c1)C(C)(C)C(=O)N2CC(=O)Nc1ccc(F)cc1. The number of carbonyl (C=O) groups is 2. The standard InChI is InChI=1S/C19H19FN2O2/c1-12-4-9-16-15(10-12)19(2,3)18(24)22(16)11-17(23)21-14-7-5-13(20)6-8-14/h4-10H,11H2,1-3H3,(H,21,23). The number of rotatable bonds is 3.